The van der Waals surface area contributed by atoms with Gasteiger partial charge in [0.25, 0.3) is 0 Å². The molecule has 2 atom stereocenters. The molecule has 0 spiro atoms. The Morgan fingerprint density at radius 3 is 2.35 bits per heavy atom. The Bertz CT molecular complexity index is 555. The molecule has 0 aliphatic rings. The summed E-state index contributed by atoms with van der Waals surface area (Å²) in [5.41, 5.74) is 3.45. The Kier molecular flexibility index (Phi) is 7.23. The van der Waals surface area contributed by atoms with Crippen LogP contribution in [0.1, 0.15) is 43.5 Å². The Morgan fingerprint density at radius 2 is 1.78 bits per heavy atom. The maximum atomic E-state index is 12.5. The maximum absolute atomic E-state index is 12.5. The van der Waals surface area contributed by atoms with Crippen LogP contribution in [0.15, 0.2) is 18.2 Å². The molecule has 1 aromatic carbocycles. The van der Waals surface area contributed by atoms with Gasteiger partial charge in [0.2, 0.25) is 11.8 Å². The Hall–Kier alpha value is -1.88. The van der Waals surface area contributed by atoms with E-state index in [0.717, 1.165) is 5.56 Å². The van der Waals surface area contributed by atoms with Gasteiger partial charge in [-0.2, -0.15) is 0 Å². The highest BCUT2D eigenvalue weighted by molar-refractivity contribution is 5.88. The van der Waals surface area contributed by atoms with E-state index in [1.807, 2.05) is 39.8 Å². The van der Waals surface area contributed by atoms with Crippen molar-refractivity contribution in [3.8, 4) is 0 Å². The summed E-state index contributed by atoms with van der Waals surface area (Å²) in [5.74, 6) is -0.486. The molecular formula is C18H28N2O3. The largest absolute Gasteiger partial charge is 0.375 e. The number of rotatable bonds is 7. The Balaban J connectivity index is 2.81. The molecule has 0 aromatic heterocycles. The molecule has 0 aliphatic carbocycles. The van der Waals surface area contributed by atoms with Crippen molar-refractivity contribution in [1.82, 2.24) is 10.6 Å². The molecule has 2 N–H and O–H groups in total. The van der Waals surface area contributed by atoms with Crippen LogP contribution in [-0.4, -0.2) is 31.6 Å². The van der Waals surface area contributed by atoms with E-state index in [1.165, 1.54) is 18.2 Å². The van der Waals surface area contributed by atoms with Crippen LogP contribution < -0.4 is 10.6 Å². The van der Waals surface area contributed by atoms with E-state index in [2.05, 4.69) is 23.6 Å². The van der Waals surface area contributed by atoms with Crippen LogP contribution in [0, 0.1) is 19.8 Å². The zero-order valence-corrected chi connectivity index (χ0v) is 14.9. The summed E-state index contributed by atoms with van der Waals surface area (Å²) in [6.07, 6.45) is 0. The molecule has 1 rings (SSSR count). The molecule has 0 heterocycles. The first-order chi connectivity index (χ1) is 10.8. The van der Waals surface area contributed by atoms with Gasteiger partial charge in [-0.3, -0.25) is 9.59 Å². The summed E-state index contributed by atoms with van der Waals surface area (Å²) >= 11 is 0. The van der Waals surface area contributed by atoms with Crippen LogP contribution in [0.5, 0.6) is 0 Å². The number of carbonyl (C=O) groups is 2. The third-order valence-corrected chi connectivity index (χ3v) is 4.01. The summed E-state index contributed by atoms with van der Waals surface area (Å²) in [7, 11) is 1.45. The molecule has 1 aromatic rings. The van der Waals surface area contributed by atoms with E-state index in [9.17, 15) is 9.59 Å². The average Bonchev–Trinajstić information content (AvgIpc) is 2.47. The number of methoxy groups -OCH3 is 1. The van der Waals surface area contributed by atoms with Crippen LogP contribution in [0.3, 0.4) is 0 Å². The number of hydrogen-bond donors (Lipinski definition) is 2. The lowest BCUT2D eigenvalue weighted by atomic mass is 9.97. The van der Waals surface area contributed by atoms with Gasteiger partial charge in [0.15, 0.2) is 0 Å². The SMILES string of the molecule is COCC(=O)N[C@H](C(=O)N[C@H](C)c1cccc(C)c1C)C(C)C. The van der Waals surface area contributed by atoms with Crippen LogP contribution >= 0.6 is 0 Å². The Morgan fingerprint density at radius 1 is 1.13 bits per heavy atom. The molecule has 0 radical (unpaired) electrons. The molecule has 0 fully saturated rings. The first-order valence-electron chi connectivity index (χ1n) is 7.92. The highest BCUT2D eigenvalue weighted by Crippen LogP contribution is 2.20. The fourth-order valence-corrected chi connectivity index (χ4v) is 2.50. The topological polar surface area (TPSA) is 67.4 Å². The third kappa shape index (κ3) is 5.36. The quantitative estimate of drug-likeness (QED) is 0.810. The molecule has 0 unspecified atom stereocenters. The smallest absolute Gasteiger partial charge is 0.246 e. The van der Waals surface area contributed by atoms with Crippen molar-refractivity contribution in [3.63, 3.8) is 0 Å². The molecule has 0 aliphatic heterocycles. The number of benzene rings is 1. The molecular weight excluding hydrogens is 292 g/mol. The van der Waals surface area contributed by atoms with Crippen molar-refractivity contribution < 1.29 is 14.3 Å². The standard InChI is InChI=1S/C18H28N2O3/c1-11(2)17(20-16(21)10-23-6)18(22)19-14(5)15-9-7-8-12(3)13(15)4/h7-9,11,14,17H,10H2,1-6H3,(H,19,22)(H,20,21)/t14-,17+/m1/s1. The number of hydrogen-bond acceptors (Lipinski definition) is 3. The van der Waals surface area contributed by atoms with Gasteiger partial charge in [-0.25, -0.2) is 0 Å². The van der Waals surface area contributed by atoms with Crippen molar-refractivity contribution in [1.29, 1.82) is 0 Å². The second-order valence-electron chi connectivity index (χ2n) is 6.24. The number of nitrogens with one attached hydrogen (secondary N) is 2. The minimum Gasteiger partial charge on any atom is -0.375 e. The van der Waals surface area contributed by atoms with Crippen molar-refractivity contribution in [2.45, 2.75) is 46.7 Å². The van der Waals surface area contributed by atoms with Gasteiger partial charge in [0.1, 0.15) is 12.6 Å². The van der Waals surface area contributed by atoms with Crippen molar-refractivity contribution in [2.75, 3.05) is 13.7 Å². The van der Waals surface area contributed by atoms with E-state index >= 15 is 0 Å². The number of ether oxygens (including phenoxy) is 1. The third-order valence-electron chi connectivity index (χ3n) is 4.01. The minimum absolute atomic E-state index is 0.0124. The highest BCUT2D eigenvalue weighted by Gasteiger charge is 2.25. The van der Waals surface area contributed by atoms with Gasteiger partial charge in [0, 0.05) is 7.11 Å². The van der Waals surface area contributed by atoms with Gasteiger partial charge in [0.05, 0.1) is 6.04 Å². The predicted molar refractivity (Wildman–Crippen MR) is 91.1 cm³/mol. The first-order valence-corrected chi connectivity index (χ1v) is 7.92. The predicted octanol–water partition coefficient (Wildman–Crippen LogP) is 2.27. The molecule has 5 nitrogen and oxygen atoms in total. The fourth-order valence-electron chi connectivity index (χ4n) is 2.50. The van der Waals surface area contributed by atoms with Crippen LogP contribution in [-0.2, 0) is 14.3 Å². The van der Waals surface area contributed by atoms with E-state index in [4.69, 9.17) is 4.74 Å². The zero-order valence-electron chi connectivity index (χ0n) is 14.9. The van der Waals surface area contributed by atoms with Crippen molar-refractivity contribution >= 4 is 11.8 Å². The second kappa shape index (κ2) is 8.67. The molecule has 23 heavy (non-hydrogen) atoms. The van der Waals surface area contributed by atoms with E-state index in [0.29, 0.717) is 0 Å². The lowest BCUT2D eigenvalue weighted by molar-refractivity contribution is -0.132. The zero-order chi connectivity index (χ0) is 17.6. The van der Waals surface area contributed by atoms with Crippen LogP contribution in [0.4, 0.5) is 0 Å². The molecule has 0 saturated heterocycles. The van der Waals surface area contributed by atoms with Gasteiger partial charge < -0.3 is 15.4 Å². The first kappa shape index (κ1) is 19.2. The molecule has 0 bridgehead atoms. The van der Waals surface area contributed by atoms with Crippen LogP contribution in [0.2, 0.25) is 0 Å². The minimum atomic E-state index is -0.579. The summed E-state index contributed by atoms with van der Waals surface area (Å²) < 4.78 is 4.80. The maximum Gasteiger partial charge on any atom is 0.246 e. The van der Waals surface area contributed by atoms with Gasteiger partial charge >= 0.3 is 0 Å². The lowest BCUT2D eigenvalue weighted by Crippen LogP contribution is -2.51. The van der Waals surface area contributed by atoms with Gasteiger partial charge in [-0.1, -0.05) is 32.0 Å². The van der Waals surface area contributed by atoms with Crippen molar-refractivity contribution in [3.05, 3.63) is 34.9 Å². The van der Waals surface area contributed by atoms with Gasteiger partial charge in [-0.15, -0.1) is 0 Å². The van der Waals surface area contributed by atoms with Crippen LogP contribution in [0.25, 0.3) is 0 Å². The number of amides is 2. The second-order valence-corrected chi connectivity index (χ2v) is 6.24. The summed E-state index contributed by atoms with van der Waals surface area (Å²) in [6.45, 7) is 9.81. The average molecular weight is 320 g/mol. The van der Waals surface area contributed by atoms with Crippen molar-refractivity contribution in [2.24, 2.45) is 5.92 Å². The van der Waals surface area contributed by atoms with Gasteiger partial charge in [-0.05, 0) is 43.4 Å². The number of aryl methyl sites for hydroxylation is 1. The normalized spacial score (nSPS) is 13.5. The fraction of sp³-hybridized carbons (Fsp3) is 0.556. The monoisotopic (exact) mass is 320 g/mol. The number of carbonyl (C=O) groups excluding carboxylic acids is 2. The van der Waals surface area contributed by atoms with E-state index in [1.54, 1.807) is 0 Å². The molecule has 2 amide bonds. The summed E-state index contributed by atoms with van der Waals surface area (Å²) in [6, 6.07) is 5.35. The lowest BCUT2D eigenvalue weighted by Gasteiger charge is -2.25. The highest BCUT2D eigenvalue weighted by atomic mass is 16.5. The summed E-state index contributed by atoms with van der Waals surface area (Å²) in [4.78, 5) is 24.2. The molecule has 5 heteroatoms. The molecule has 0 saturated carbocycles. The molecule has 128 valence electrons. The Labute approximate surface area is 138 Å². The van der Waals surface area contributed by atoms with E-state index in [-0.39, 0.29) is 30.4 Å². The summed E-state index contributed by atoms with van der Waals surface area (Å²) in [5, 5.41) is 5.72. The van der Waals surface area contributed by atoms with E-state index < -0.39 is 6.04 Å².